The van der Waals surface area contributed by atoms with Crippen molar-refractivity contribution in [2.75, 3.05) is 31.4 Å². The molecule has 0 heterocycles. The number of esters is 1. The minimum atomic E-state index is -3.85. The van der Waals surface area contributed by atoms with E-state index in [-0.39, 0.29) is 4.90 Å². The van der Waals surface area contributed by atoms with Gasteiger partial charge >= 0.3 is 5.97 Å². The summed E-state index contributed by atoms with van der Waals surface area (Å²) in [6.45, 7) is 0. The summed E-state index contributed by atoms with van der Waals surface area (Å²) in [6.07, 6.45) is 0.330. The van der Waals surface area contributed by atoms with Gasteiger partial charge in [-0.25, -0.2) is 13.2 Å². The number of rotatable bonds is 10. The van der Waals surface area contributed by atoms with Crippen LogP contribution in [0.25, 0.3) is 10.8 Å². The van der Waals surface area contributed by atoms with E-state index in [9.17, 15) is 13.2 Å². The van der Waals surface area contributed by atoms with Gasteiger partial charge in [0.15, 0.2) is 0 Å². The molecule has 9 heteroatoms. The van der Waals surface area contributed by atoms with Crippen LogP contribution in [-0.2, 0) is 26.0 Å². The van der Waals surface area contributed by atoms with Crippen LogP contribution >= 0.6 is 0 Å². The highest BCUT2D eigenvalue weighted by Crippen LogP contribution is 2.33. The molecule has 0 bridgehead atoms. The van der Waals surface area contributed by atoms with Crippen molar-refractivity contribution < 1.29 is 27.4 Å². The van der Waals surface area contributed by atoms with Crippen LogP contribution < -0.4 is 19.5 Å². The Bertz CT molecular complexity index is 1500. The minimum absolute atomic E-state index is 0.113. The molecule has 4 rings (SSSR count). The van der Waals surface area contributed by atoms with Gasteiger partial charge in [-0.15, -0.1) is 0 Å². The molecule has 0 saturated heterocycles. The van der Waals surface area contributed by atoms with Gasteiger partial charge in [-0.2, -0.15) is 0 Å². The molecule has 192 valence electrons. The molecule has 0 fully saturated rings. The second-order valence-electron chi connectivity index (χ2n) is 8.22. The highest BCUT2D eigenvalue weighted by molar-refractivity contribution is 7.92. The molecule has 4 aromatic carbocycles. The number of fused-ring (bicyclic) bond motifs is 1. The predicted octanol–water partition coefficient (Wildman–Crippen LogP) is 4.85. The molecule has 8 nitrogen and oxygen atoms in total. The fourth-order valence-electron chi connectivity index (χ4n) is 4.09. The molecule has 37 heavy (non-hydrogen) atoms. The maximum atomic E-state index is 13.1. The van der Waals surface area contributed by atoms with Gasteiger partial charge in [0.25, 0.3) is 10.0 Å². The molecule has 0 aliphatic heterocycles. The van der Waals surface area contributed by atoms with Crippen molar-refractivity contribution in [2.45, 2.75) is 17.4 Å². The van der Waals surface area contributed by atoms with Crippen molar-refractivity contribution in [1.82, 2.24) is 0 Å². The summed E-state index contributed by atoms with van der Waals surface area (Å²) in [4.78, 5) is 12.8. The first-order chi connectivity index (χ1) is 17.9. The predicted molar refractivity (Wildman–Crippen MR) is 144 cm³/mol. The lowest BCUT2D eigenvalue weighted by atomic mass is 10.0. The molecular weight excluding hydrogens is 492 g/mol. The molecule has 1 atom stereocenters. The molecule has 0 unspecified atom stereocenters. The smallest absolute Gasteiger partial charge is 0.328 e. The third kappa shape index (κ3) is 5.78. The summed E-state index contributed by atoms with van der Waals surface area (Å²) in [5, 5.41) is 4.70. The zero-order chi connectivity index (χ0) is 26.4. The number of carbonyl (C=O) groups is 1. The summed E-state index contributed by atoms with van der Waals surface area (Å²) in [5.74, 6) is 0.804. The highest BCUT2D eigenvalue weighted by atomic mass is 32.2. The lowest BCUT2D eigenvalue weighted by molar-refractivity contribution is -0.141. The molecule has 2 N–H and O–H groups in total. The lowest BCUT2D eigenvalue weighted by Gasteiger charge is -2.21. The number of carbonyl (C=O) groups excluding carboxylic acids is 1. The Balaban J connectivity index is 1.66. The van der Waals surface area contributed by atoms with Crippen LogP contribution in [0.15, 0.2) is 89.8 Å². The highest BCUT2D eigenvalue weighted by Gasteiger charge is 2.23. The zero-order valence-electron chi connectivity index (χ0n) is 20.7. The first kappa shape index (κ1) is 25.8. The molecular formula is C28H28N2O6S. The molecule has 0 aliphatic rings. The summed E-state index contributed by atoms with van der Waals surface area (Å²) < 4.78 is 44.4. The third-order valence-electron chi connectivity index (χ3n) is 5.97. The zero-order valence-corrected chi connectivity index (χ0v) is 21.5. The average Bonchev–Trinajstić information content (AvgIpc) is 2.93. The molecule has 4 aromatic rings. The molecule has 0 aromatic heterocycles. The number of hydrogen-bond acceptors (Lipinski definition) is 7. The van der Waals surface area contributed by atoms with Crippen LogP contribution in [0, 0.1) is 0 Å². The van der Waals surface area contributed by atoms with Crippen molar-refractivity contribution in [2.24, 2.45) is 0 Å². The Morgan fingerprint density at radius 2 is 1.41 bits per heavy atom. The van der Waals surface area contributed by atoms with E-state index < -0.39 is 22.0 Å². The van der Waals surface area contributed by atoms with Crippen molar-refractivity contribution in [3.8, 4) is 11.5 Å². The quantitative estimate of drug-likeness (QED) is 0.288. The molecule has 0 aliphatic carbocycles. The molecule has 0 saturated carbocycles. The summed E-state index contributed by atoms with van der Waals surface area (Å²) in [5.41, 5.74) is 1.92. The van der Waals surface area contributed by atoms with Gasteiger partial charge in [0.2, 0.25) is 0 Å². The number of benzene rings is 4. The van der Waals surface area contributed by atoms with Crippen molar-refractivity contribution in [3.63, 3.8) is 0 Å². The number of nitrogens with one attached hydrogen (secondary N) is 2. The Morgan fingerprint density at radius 3 is 2.05 bits per heavy atom. The van der Waals surface area contributed by atoms with E-state index in [1.165, 1.54) is 26.4 Å². The summed E-state index contributed by atoms with van der Waals surface area (Å²) in [7, 11) is 0.597. The van der Waals surface area contributed by atoms with Crippen molar-refractivity contribution >= 4 is 38.1 Å². The topological polar surface area (TPSA) is 103 Å². The SMILES string of the molecule is COC(=O)[C@H](Cc1ccccc1OC)Nc1ccc(NS(=O)(=O)c2ccc(OC)cc2)c2ccccc12. The van der Waals surface area contributed by atoms with Gasteiger partial charge in [-0.05, 0) is 48.0 Å². The van der Waals surface area contributed by atoms with Gasteiger partial charge in [0.1, 0.15) is 17.5 Å². The van der Waals surface area contributed by atoms with Crippen LogP contribution in [-0.4, -0.2) is 41.8 Å². The van der Waals surface area contributed by atoms with E-state index in [2.05, 4.69) is 10.0 Å². The van der Waals surface area contributed by atoms with E-state index in [1.807, 2.05) is 48.5 Å². The fraction of sp³-hybridized carbons (Fsp3) is 0.179. The molecule has 0 amide bonds. The summed E-state index contributed by atoms with van der Waals surface area (Å²) >= 11 is 0. The van der Waals surface area contributed by atoms with Gasteiger partial charge in [-0.3, -0.25) is 4.72 Å². The first-order valence-corrected chi connectivity index (χ1v) is 13.0. The average molecular weight is 521 g/mol. The van der Waals surface area contributed by atoms with E-state index in [0.717, 1.165) is 10.9 Å². The standard InChI is InChI=1S/C28H28N2O6S/c1-34-20-12-14-21(15-13-20)37(32,33)30-25-17-16-24(22-9-5-6-10-23(22)25)29-26(28(31)36-3)18-19-8-4-7-11-27(19)35-2/h4-17,26,29-30H,18H2,1-3H3/t26-/m0/s1. The Kier molecular flexibility index (Phi) is 7.83. The van der Waals surface area contributed by atoms with Gasteiger partial charge in [-0.1, -0.05) is 42.5 Å². The Labute approximate surface area is 216 Å². The monoisotopic (exact) mass is 520 g/mol. The van der Waals surface area contributed by atoms with Crippen LogP contribution in [0.4, 0.5) is 11.4 Å². The molecule has 0 radical (unpaired) electrons. The molecule has 0 spiro atoms. The number of anilines is 2. The fourth-order valence-corrected chi connectivity index (χ4v) is 5.17. The maximum Gasteiger partial charge on any atom is 0.328 e. The van der Waals surface area contributed by atoms with E-state index in [4.69, 9.17) is 14.2 Å². The second kappa shape index (κ2) is 11.2. The number of hydrogen-bond donors (Lipinski definition) is 2. The number of ether oxygens (including phenoxy) is 3. The number of methoxy groups -OCH3 is 3. The van der Waals surface area contributed by atoms with Crippen LogP contribution in [0.2, 0.25) is 0 Å². The maximum absolute atomic E-state index is 13.1. The minimum Gasteiger partial charge on any atom is -0.497 e. The van der Waals surface area contributed by atoms with Crippen molar-refractivity contribution in [1.29, 1.82) is 0 Å². The second-order valence-corrected chi connectivity index (χ2v) is 9.91. The van der Waals surface area contributed by atoms with E-state index in [0.29, 0.717) is 34.7 Å². The van der Waals surface area contributed by atoms with Crippen molar-refractivity contribution in [3.05, 3.63) is 90.5 Å². The third-order valence-corrected chi connectivity index (χ3v) is 7.35. The normalized spacial score (nSPS) is 12.0. The van der Waals surface area contributed by atoms with Crippen LogP contribution in [0.5, 0.6) is 11.5 Å². The first-order valence-electron chi connectivity index (χ1n) is 11.5. The Hall–Kier alpha value is -4.24. The summed E-state index contributed by atoms with van der Waals surface area (Å²) in [6, 6.07) is 23.7. The number of para-hydroxylation sites is 1. The number of sulfonamides is 1. The van der Waals surface area contributed by atoms with Crippen LogP contribution in [0.1, 0.15) is 5.56 Å². The van der Waals surface area contributed by atoms with Gasteiger partial charge in [0.05, 0.1) is 31.9 Å². The van der Waals surface area contributed by atoms with Gasteiger partial charge < -0.3 is 19.5 Å². The Morgan fingerprint density at radius 1 is 0.784 bits per heavy atom. The van der Waals surface area contributed by atoms with Gasteiger partial charge in [0, 0.05) is 22.9 Å². The largest absolute Gasteiger partial charge is 0.497 e. The van der Waals surface area contributed by atoms with Crippen LogP contribution in [0.3, 0.4) is 0 Å². The van der Waals surface area contributed by atoms with E-state index in [1.54, 1.807) is 31.4 Å². The van der Waals surface area contributed by atoms with E-state index >= 15 is 0 Å². The lowest BCUT2D eigenvalue weighted by Crippen LogP contribution is -2.33.